The Morgan fingerprint density at radius 3 is 2.71 bits per heavy atom. The molecule has 4 nitrogen and oxygen atoms in total. The molecule has 0 aromatic carbocycles. The minimum atomic E-state index is -0.878. The van der Waals surface area contributed by atoms with Crippen molar-refractivity contribution in [3.05, 3.63) is 28.9 Å². The summed E-state index contributed by atoms with van der Waals surface area (Å²) in [7, 11) is 1.88. The van der Waals surface area contributed by atoms with Crippen LogP contribution in [0.1, 0.15) is 35.1 Å². The van der Waals surface area contributed by atoms with Crippen LogP contribution in [-0.2, 0) is 7.05 Å². The molecule has 0 spiro atoms. The monoisotopic (exact) mass is 250 g/mol. The van der Waals surface area contributed by atoms with Crippen molar-refractivity contribution in [3.63, 3.8) is 0 Å². The number of carbonyl (C=O) groups is 1. The van der Waals surface area contributed by atoms with Crippen molar-refractivity contribution in [3.8, 4) is 10.4 Å². The van der Waals surface area contributed by atoms with Gasteiger partial charge in [-0.1, -0.05) is 13.8 Å². The molecule has 2 aromatic rings. The Kier molecular flexibility index (Phi) is 3.02. The maximum absolute atomic E-state index is 10.9. The van der Waals surface area contributed by atoms with Gasteiger partial charge >= 0.3 is 5.97 Å². The highest BCUT2D eigenvalue weighted by molar-refractivity contribution is 7.17. The first-order valence-corrected chi connectivity index (χ1v) is 6.17. The average molecular weight is 250 g/mol. The summed E-state index contributed by atoms with van der Waals surface area (Å²) >= 11 is 1.29. The molecule has 0 aliphatic rings. The van der Waals surface area contributed by atoms with Crippen molar-refractivity contribution in [2.75, 3.05) is 0 Å². The predicted octanol–water partition coefficient (Wildman–Crippen LogP) is 2.97. The number of nitrogens with zero attached hydrogens (tertiary/aromatic N) is 2. The molecule has 2 rings (SSSR count). The lowest BCUT2D eigenvalue weighted by Gasteiger charge is -2.02. The molecule has 1 N–H and O–H groups in total. The third-order valence-electron chi connectivity index (χ3n) is 2.49. The fourth-order valence-corrected chi connectivity index (χ4v) is 2.58. The van der Waals surface area contributed by atoms with Gasteiger partial charge in [-0.05, 0) is 18.1 Å². The van der Waals surface area contributed by atoms with E-state index < -0.39 is 5.97 Å². The molecular formula is C12H14N2O2S. The van der Waals surface area contributed by atoms with Gasteiger partial charge < -0.3 is 5.11 Å². The molecular weight excluding hydrogens is 236 g/mol. The normalized spacial score (nSPS) is 11.1. The topological polar surface area (TPSA) is 55.1 Å². The molecule has 2 heterocycles. The molecule has 0 saturated heterocycles. The number of hydrogen-bond donors (Lipinski definition) is 1. The standard InChI is InChI=1S/C12H14N2O2S/c1-7(2)11-8(6-14(3)13-11)9-4-5-10(17-9)12(15)16/h4-7H,1-3H3,(H,15,16). The Hall–Kier alpha value is -1.62. The van der Waals surface area contributed by atoms with Gasteiger partial charge in [-0.15, -0.1) is 11.3 Å². The lowest BCUT2D eigenvalue weighted by Crippen LogP contribution is -1.93. The Morgan fingerprint density at radius 1 is 1.47 bits per heavy atom. The van der Waals surface area contributed by atoms with Crippen LogP contribution in [0.15, 0.2) is 18.3 Å². The van der Waals surface area contributed by atoms with Crippen LogP contribution in [0.2, 0.25) is 0 Å². The van der Waals surface area contributed by atoms with E-state index in [1.54, 1.807) is 10.7 Å². The maximum Gasteiger partial charge on any atom is 0.345 e. The van der Waals surface area contributed by atoms with Crippen LogP contribution in [0.4, 0.5) is 0 Å². The van der Waals surface area contributed by atoms with Crippen molar-refractivity contribution in [2.45, 2.75) is 19.8 Å². The Balaban J connectivity index is 2.48. The second kappa shape index (κ2) is 4.33. The summed E-state index contributed by atoms with van der Waals surface area (Å²) < 4.78 is 1.77. The Morgan fingerprint density at radius 2 is 2.18 bits per heavy atom. The maximum atomic E-state index is 10.9. The molecule has 2 aromatic heterocycles. The number of aromatic carboxylic acids is 1. The molecule has 17 heavy (non-hydrogen) atoms. The van der Waals surface area contributed by atoms with Crippen LogP contribution in [-0.4, -0.2) is 20.9 Å². The molecule has 0 aliphatic heterocycles. The van der Waals surface area contributed by atoms with Gasteiger partial charge in [0.15, 0.2) is 0 Å². The van der Waals surface area contributed by atoms with E-state index in [4.69, 9.17) is 5.11 Å². The molecule has 0 bridgehead atoms. The van der Waals surface area contributed by atoms with Crippen LogP contribution < -0.4 is 0 Å². The van der Waals surface area contributed by atoms with Gasteiger partial charge in [0.1, 0.15) is 4.88 Å². The minimum absolute atomic E-state index is 0.321. The number of aryl methyl sites for hydroxylation is 1. The predicted molar refractivity (Wildman–Crippen MR) is 67.6 cm³/mol. The minimum Gasteiger partial charge on any atom is -0.477 e. The van der Waals surface area contributed by atoms with E-state index >= 15 is 0 Å². The van der Waals surface area contributed by atoms with E-state index in [2.05, 4.69) is 18.9 Å². The highest BCUT2D eigenvalue weighted by Gasteiger charge is 2.16. The van der Waals surface area contributed by atoms with Gasteiger partial charge in [0.05, 0.1) is 5.69 Å². The number of carboxylic acids is 1. The molecule has 90 valence electrons. The fraction of sp³-hybridized carbons (Fsp3) is 0.333. The third kappa shape index (κ3) is 2.24. The van der Waals surface area contributed by atoms with Crippen molar-refractivity contribution in [2.24, 2.45) is 7.05 Å². The van der Waals surface area contributed by atoms with Gasteiger partial charge in [-0.3, -0.25) is 4.68 Å². The van der Waals surface area contributed by atoms with Crippen molar-refractivity contribution >= 4 is 17.3 Å². The van der Waals surface area contributed by atoms with Crippen molar-refractivity contribution in [1.29, 1.82) is 0 Å². The summed E-state index contributed by atoms with van der Waals surface area (Å²) in [6, 6.07) is 3.48. The van der Waals surface area contributed by atoms with Crippen molar-refractivity contribution < 1.29 is 9.90 Å². The lowest BCUT2D eigenvalue weighted by molar-refractivity contribution is 0.0702. The van der Waals surface area contributed by atoms with Gasteiger partial charge in [-0.2, -0.15) is 5.10 Å². The van der Waals surface area contributed by atoms with Gasteiger partial charge in [0.25, 0.3) is 0 Å². The smallest absolute Gasteiger partial charge is 0.345 e. The SMILES string of the molecule is CC(C)c1nn(C)cc1-c1ccc(C(=O)O)s1. The number of rotatable bonds is 3. The molecule has 0 unspecified atom stereocenters. The number of thiophene rings is 1. The van der Waals surface area contributed by atoms with Gasteiger partial charge in [0.2, 0.25) is 0 Å². The summed E-state index contributed by atoms with van der Waals surface area (Å²) in [6.07, 6.45) is 1.94. The van der Waals surface area contributed by atoms with Crippen LogP contribution >= 0.6 is 11.3 Å². The number of carboxylic acid groups (broad SMARTS) is 1. The Bertz CT molecular complexity index is 555. The van der Waals surface area contributed by atoms with Gasteiger partial charge in [-0.25, -0.2) is 4.79 Å². The number of hydrogen-bond acceptors (Lipinski definition) is 3. The van der Waals surface area contributed by atoms with E-state index in [1.807, 2.05) is 19.3 Å². The summed E-state index contributed by atoms with van der Waals surface area (Å²) in [5, 5.41) is 13.3. The highest BCUT2D eigenvalue weighted by Crippen LogP contribution is 2.33. The first-order chi connectivity index (χ1) is 7.99. The quantitative estimate of drug-likeness (QED) is 0.911. The molecule has 0 amide bonds. The highest BCUT2D eigenvalue weighted by atomic mass is 32.1. The van der Waals surface area contributed by atoms with E-state index in [0.717, 1.165) is 16.1 Å². The van der Waals surface area contributed by atoms with E-state index in [0.29, 0.717) is 10.8 Å². The second-order valence-electron chi connectivity index (χ2n) is 4.23. The second-order valence-corrected chi connectivity index (χ2v) is 5.31. The third-order valence-corrected chi connectivity index (χ3v) is 3.59. The van der Waals surface area contributed by atoms with Crippen LogP contribution in [0.3, 0.4) is 0 Å². The summed E-state index contributed by atoms with van der Waals surface area (Å²) in [4.78, 5) is 12.2. The zero-order valence-electron chi connectivity index (χ0n) is 9.97. The van der Waals surface area contributed by atoms with Crippen LogP contribution in [0.25, 0.3) is 10.4 Å². The average Bonchev–Trinajstić information content (AvgIpc) is 2.82. The summed E-state index contributed by atoms with van der Waals surface area (Å²) in [6.45, 7) is 4.16. The zero-order chi connectivity index (χ0) is 12.6. The Labute approximate surface area is 104 Å². The molecule has 0 saturated carbocycles. The molecule has 0 atom stereocenters. The lowest BCUT2D eigenvalue weighted by atomic mass is 10.1. The molecule has 0 fully saturated rings. The van der Waals surface area contributed by atoms with E-state index in [1.165, 1.54) is 11.3 Å². The number of aromatic nitrogens is 2. The van der Waals surface area contributed by atoms with E-state index in [-0.39, 0.29) is 0 Å². The van der Waals surface area contributed by atoms with Crippen LogP contribution in [0, 0.1) is 0 Å². The first kappa shape index (κ1) is 11.9. The largest absolute Gasteiger partial charge is 0.477 e. The first-order valence-electron chi connectivity index (χ1n) is 5.36. The molecule has 5 heteroatoms. The zero-order valence-corrected chi connectivity index (χ0v) is 10.8. The summed E-state index contributed by atoms with van der Waals surface area (Å²) in [5.41, 5.74) is 2.03. The van der Waals surface area contributed by atoms with E-state index in [9.17, 15) is 4.79 Å². The molecule has 0 aliphatic carbocycles. The van der Waals surface area contributed by atoms with Crippen LogP contribution in [0.5, 0.6) is 0 Å². The van der Waals surface area contributed by atoms with Crippen molar-refractivity contribution in [1.82, 2.24) is 9.78 Å². The van der Waals surface area contributed by atoms with Gasteiger partial charge in [0, 0.05) is 23.7 Å². The molecule has 0 radical (unpaired) electrons. The fourth-order valence-electron chi connectivity index (χ4n) is 1.72. The summed E-state index contributed by atoms with van der Waals surface area (Å²) in [5.74, 6) is -0.558.